The predicted octanol–water partition coefficient (Wildman–Crippen LogP) is 3.63. The lowest BCUT2D eigenvalue weighted by Crippen LogP contribution is -2.32. The molecule has 0 spiro atoms. The molecule has 1 aromatic carbocycles. The number of aromatic nitrogens is 1. The first-order chi connectivity index (χ1) is 14.1. The van der Waals surface area contributed by atoms with Crippen LogP contribution in [0.3, 0.4) is 0 Å². The number of pyridine rings is 1. The average Bonchev–Trinajstić information content (AvgIpc) is 2.69. The topological polar surface area (TPSA) is 92.4 Å². The molecule has 2 aromatic rings. The van der Waals surface area contributed by atoms with E-state index in [0.29, 0.717) is 18.7 Å². The molecule has 30 heavy (non-hydrogen) atoms. The number of benzene rings is 1. The van der Waals surface area contributed by atoms with Gasteiger partial charge < -0.3 is 20.7 Å². The van der Waals surface area contributed by atoms with Gasteiger partial charge in [-0.1, -0.05) is 18.2 Å². The van der Waals surface area contributed by atoms with Gasteiger partial charge in [0.15, 0.2) is 0 Å². The molecular formula is C23H32N4O3. The van der Waals surface area contributed by atoms with Crippen LogP contribution in [0.4, 0.5) is 4.79 Å². The number of aryl methyl sites for hydroxylation is 1. The maximum atomic E-state index is 11.8. The smallest absolute Gasteiger partial charge is 0.407 e. The zero-order valence-corrected chi connectivity index (χ0v) is 18.6. The van der Waals surface area contributed by atoms with Crippen molar-refractivity contribution < 1.29 is 14.3 Å². The lowest BCUT2D eigenvalue weighted by atomic mass is 10.1. The lowest BCUT2D eigenvalue weighted by Gasteiger charge is -2.20. The van der Waals surface area contributed by atoms with Crippen LogP contribution in [0.15, 0.2) is 36.4 Å². The van der Waals surface area contributed by atoms with Gasteiger partial charge in [0.25, 0.3) is 5.91 Å². The highest BCUT2D eigenvalue weighted by atomic mass is 16.6. The number of alkyl carbamates (subject to hydrolysis) is 1. The Hall–Kier alpha value is -2.93. The zero-order chi connectivity index (χ0) is 22.3. The summed E-state index contributed by atoms with van der Waals surface area (Å²) in [4.78, 5) is 28.2. The van der Waals surface area contributed by atoms with E-state index in [2.05, 4.69) is 27.9 Å². The molecule has 0 aliphatic rings. The highest BCUT2D eigenvalue weighted by Crippen LogP contribution is 2.17. The van der Waals surface area contributed by atoms with Gasteiger partial charge >= 0.3 is 6.09 Å². The largest absolute Gasteiger partial charge is 0.444 e. The second-order valence-corrected chi connectivity index (χ2v) is 8.21. The summed E-state index contributed by atoms with van der Waals surface area (Å²) in [5.41, 5.74) is 3.90. The Morgan fingerprint density at radius 3 is 2.50 bits per heavy atom. The maximum Gasteiger partial charge on any atom is 0.407 e. The van der Waals surface area contributed by atoms with Gasteiger partial charge in [0, 0.05) is 30.9 Å². The molecule has 0 aliphatic carbocycles. The van der Waals surface area contributed by atoms with Gasteiger partial charge in [0.1, 0.15) is 5.60 Å². The van der Waals surface area contributed by atoms with Gasteiger partial charge in [0.2, 0.25) is 0 Å². The SMILES string of the molecule is CNC(=O)c1cccc(CN[C@@H](C)c2ccc(CNC(=O)OC(C)(C)C)nc2C)c1. The van der Waals surface area contributed by atoms with Crippen molar-refractivity contribution >= 4 is 12.0 Å². The molecule has 7 heteroatoms. The summed E-state index contributed by atoms with van der Waals surface area (Å²) >= 11 is 0. The predicted molar refractivity (Wildman–Crippen MR) is 117 cm³/mol. The van der Waals surface area contributed by atoms with Crippen molar-refractivity contribution in [2.45, 2.75) is 59.4 Å². The summed E-state index contributed by atoms with van der Waals surface area (Å²) in [6.07, 6.45) is -0.458. The van der Waals surface area contributed by atoms with E-state index in [1.54, 1.807) is 13.1 Å². The number of ether oxygens (including phenoxy) is 1. The van der Waals surface area contributed by atoms with Gasteiger partial charge in [-0.2, -0.15) is 0 Å². The van der Waals surface area contributed by atoms with Gasteiger partial charge in [-0.05, 0) is 63.9 Å². The number of amides is 2. The van der Waals surface area contributed by atoms with Crippen LogP contribution in [0.5, 0.6) is 0 Å². The maximum absolute atomic E-state index is 11.8. The quantitative estimate of drug-likeness (QED) is 0.646. The van der Waals surface area contributed by atoms with Gasteiger partial charge in [-0.3, -0.25) is 9.78 Å². The number of hydrogen-bond acceptors (Lipinski definition) is 5. The fraction of sp³-hybridized carbons (Fsp3) is 0.435. The van der Waals surface area contributed by atoms with Gasteiger partial charge in [-0.25, -0.2) is 4.79 Å². The first-order valence-corrected chi connectivity index (χ1v) is 10.1. The first-order valence-electron chi connectivity index (χ1n) is 10.1. The minimum absolute atomic E-state index is 0.0778. The summed E-state index contributed by atoms with van der Waals surface area (Å²) in [7, 11) is 1.62. The number of nitrogens with one attached hydrogen (secondary N) is 3. The molecule has 0 bridgehead atoms. The molecule has 0 aliphatic heterocycles. The van der Waals surface area contributed by atoms with Gasteiger partial charge in [-0.15, -0.1) is 0 Å². The summed E-state index contributed by atoms with van der Waals surface area (Å²) in [6.45, 7) is 10.5. The fourth-order valence-corrected chi connectivity index (χ4v) is 3.00. The molecule has 1 aromatic heterocycles. The van der Waals surface area contributed by atoms with Crippen molar-refractivity contribution in [3.63, 3.8) is 0 Å². The van der Waals surface area contributed by atoms with Crippen molar-refractivity contribution in [2.24, 2.45) is 0 Å². The van der Waals surface area contributed by atoms with Crippen molar-refractivity contribution in [3.8, 4) is 0 Å². The van der Waals surface area contributed by atoms with Gasteiger partial charge in [0.05, 0.1) is 12.2 Å². The van der Waals surface area contributed by atoms with Crippen molar-refractivity contribution in [1.29, 1.82) is 0 Å². The molecule has 1 atom stereocenters. The Balaban J connectivity index is 1.94. The van der Waals surface area contributed by atoms with Crippen molar-refractivity contribution in [1.82, 2.24) is 20.9 Å². The monoisotopic (exact) mass is 412 g/mol. The van der Waals surface area contributed by atoms with E-state index < -0.39 is 11.7 Å². The van der Waals surface area contributed by atoms with Crippen LogP contribution in [0.25, 0.3) is 0 Å². The number of rotatable bonds is 7. The number of nitrogens with zero attached hydrogens (tertiary/aromatic N) is 1. The van der Waals surface area contributed by atoms with Crippen LogP contribution in [0, 0.1) is 6.92 Å². The van der Waals surface area contributed by atoms with Crippen LogP contribution >= 0.6 is 0 Å². The average molecular weight is 413 g/mol. The summed E-state index contributed by atoms with van der Waals surface area (Å²) in [5.74, 6) is -0.0967. The molecule has 0 saturated heterocycles. The van der Waals surface area contributed by atoms with Crippen molar-refractivity contribution in [3.05, 3.63) is 64.5 Å². The van der Waals surface area contributed by atoms with Crippen LogP contribution in [-0.2, 0) is 17.8 Å². The second kappa shape index (κ2) is 10.2. The molecule has 0 radical (unpaired) electrons. The number of carbonyl (C=O) groups is 2. The highest BCUT2D eigenvalue weighted by Gasteiger charge is 2.16. The lowest BCUT2D eigenvalue weighted by molar-refractivity contribution is 0.0522. The third kappa shape index (κ3) is 7.15. The van der Waals surface area contributed by atoms with E-state index in [0.717, 1.165) is 22.5 Å². The Kier molecular flexibility index (Phi) is 7.94. The van der Waals surface area contributed by atoms with Crippen LogP contribution in [0.1, 0.15) is 66.6 Å². The first kappa shape index (κ1) is 23.3. The summed E-state index contributed by atoms with van der Waals surface area (Å²) in [6, 6.07) is 11.6. The minimum atomic E-state index is -0.530. The summed E-state index contributed by atoms with van der Waals surface area (Å²) in [5, 5.41) is 8.84. The van der Waals surface area contributed by atoms with Crippen molar-refractivity contribution in [2.75, 3.05) is 7.05 Å². The fourth-order valence-electron chi connectivity index (χ4n) is 3.00. The third-order valence-corrected chi connectivity index (χ3v) is 4.49. The standard InChI is InChI=1S/C23H32N4O3/c1-15(25-13-17-8-7-9-18(12-17)21(28)24-6)20-11-10-19(27-16(20)2)14-26-22(29)30-23(3,4)5/h7-12,15,25H,13-14H2,1-6H3,(H,24,28)(H,26,29)/t15-/m0/s1. The van der Waals surface area contributed by atoms with E-state index in [-0.39, 0.29) is 11.9 Å². The Labute approximate surface area is 178 Å². The molecule has 0 unspecified atom stereocenters. The Bertz CT molecular complexity index is 890. The summed E-state index contributed by atoms with van der Waals surface area (Å²) < 4.78 is 5.24. The molecule has 2 amide bonds. The van der Waals surface area contributed by atoms with E-state index in [1.807, 2.05) is 58.0 Å². The van der Waals surface area contributed by atoms with E-state index >= 15 is 0 Å². The highest BCUT2D eigenvalue weighted by molar-refractivity contribution is 5.94. The Morgan fingerprint density at radius 2 is 1.87 bits per heavy atom. The normalized spacial score (nSPS) is 12.2. The zero-order valence-electron chi connectivity index (χ0n) is 18.6. The number of hydrogen-bond donors (Lipinski definition) is 3. The van der Waals surface area contributed by atoms with Crippen LogP contribution in [-0.4, -0.2) is 29.6 Å². The molecule has 162 valence electrons. The number of carbonyl (C=O) groups excluding carboxylic acids is 2. The van der Waals surface area contributed by atoms with E-state index in [4.69, 9.17) is 4.74 Å². The molecule has 0 saturated carbocycles. The molecule has 2 rings (SSSR count). The van der Waals surface area contributed by atoms with Crippen LogP contribution < -0.4 is 16.0 Å². The van der Waals surface area contributed by atoms with E-state index in [9.17, 15) is 9.59 Å². The molecule has 7 nitrogen and oxygen atoms in total. The molecular weight excluding hydrogens is 380 g/mol. The third-order valence-electron chi connectivity index (χ3n) is 4.49. The second-order valence-electron chi connectivity index (χ2n) is 8.21. The minimum Gasteiger partial charge on any atom is -0.444 e. The molecule has 3 N–H and O–H groups in total. The van der Waals surface area contributed by atoms with E-state index in [1.165, 1.54) is 0 Å². The molecule has 0 fully saturated rings. The van der Waals surface area contributed by atoms with Crippen LogP contribution in [0.2, 0.25) is 0 Å². The Morgan fingerprint density at radius 1 is 1.13 bits per heavy atom. The molecule has 1 heterocycles.